The van der Waals surface area contributed by atoms with Crippen molar-refractivity contribution >= 4 is 27.3 Å². The molecule has 4 heteroatoms. The first-order chi connectivity index (χ1) is 10.2. The highest BCUT2D eigenvalue weighted by molar-refractivity contribution is 5.88. The lowest BCUT2D eigenvalue weighted by Gasteiger charge is -2.11. The van der Waals surface area contributed by atoms with Gasteiger partial charge >= 0.3 is 0 Å². The second kappa shape index (κ2) is 4.06. The third-order valence-corrected chi connectivity index (χ3v) is 3.93. The zero-order valence-corrected chi connectivity index (χ0v) is 11.4. The van der Waals surface area contributed by atoms with Gasteiger partial charge in [0.2, 0.25) is 0 Å². The lowest BCUT2D eigenvalue weighted by atomic mass is 10.1. The SMILES string of the molecule is Cn1c(=O)c2ccccc2n2c(=O)c3ccccc3cc12. The minimum absolute atomic E-state index is 0.0970. The van der Waals surface area contributed by atoms with Crippen LogP contribution >= 0.6 is 0 Å². The fraction of sp³-hybridized carbons (Fsp3) is 0.0588. The highest BCUT2D eigenvalue weighted by atomic mass is 16.1. The molecule has 4 aromatic rings. The summed E-state index contributed by atoms with van der Waals surface area (Å²) in [4.78, 5) is 25.3. The number of hydrogen-bond acceptors (Lipinski definition) is 2. The van der Waals surface area contributed by atoms with Gasteiger partial charge in [0, 0.05) is 12.4 Å². The van der Waals surface area contributed by atoms with Crippen molar-refractivity contribution < 1.29 is 0 Å². The van der Waals surface area contributed by atoms with Gasteiger partial charge in [-0.2, -0.15) is 0 Å². The molecule has 0 spiro atoms. The molecule has 0 radical (unpaired) electrons. The van der Waals surface area contributed by atoms with E-state index >= 15 is 0 Å². The van der Waals surface area contributed by atoms with Crippen LogP contribution < -0.4 is 11.1 Å². The summed E-state index contributed by atoms with van der Waals surface area (Å²) in [5.74, 6) is 0. The van der Waals surface area contributed by atoms with Crippen molar-refractivity contribution in [2.24, 2.45) is 7.05 Å². The Kier molecular flexibility index (Phi) is 2.30. The molecule has 0 atom stereocenters. The van der Waals surface area contributed by atoms with Crippen molar-refractivity contribution in [3.05, 3.63) is 75.3 Å². The lowest BCUT2D eigenvalue weighted by Crippen LogP contribution is -2.25. The van der Waals surface area contributed by atoms with E-state index in [1.54, 1.807) is 23.6 Å². The van der Waals surface area contributed by atoms with Crippen LogP contribution in [0.5, 0.6) is 0 Å². The maximum Gasteiger partial charge on any atom is 0.264 e. The molecule has 102 valence electrons. The quantitative estimate of drug-likeness (QED) is 0.365. The standard InChI is InChI=1S/C17H12N2O2/c1-18-15-10-11-6-2-3-7-12(11)17(21)19(15)14-9-5-4-8-13(14)16(18)20/h2-10H,1H3. The number of benzene rings is 2. The van der Waals surface area contributed by atoms with E-state index in [0.29, 0.717) is 21.9 Å². The van der Waals surface area contributed by atoms with Crippen LogP contribution in [-0.2, 0) is 7.05 Å². The van der Waals surface area contributed by atoms with Gasteiger partial charge in [-0.15, -0.1) is 0 Å². The summed E-state index contributed by atoms with van der Waals surface area (Å²) in [7, 11) is 1.69. The average Bonchev–Trinajstić information content (AvgIpc) is 2.52. The molecule has 0 saturated carbocycles. The van der Waals surface area contributed by atoms with Crippen LogP contribution in [0.3, 0.4) is 0 Å². The molecule has 2 heterocycles. The van der Waals surface area contributed by atoms with Gasteiger partial charge < -0.3 is 0 Å². The van der Waals surface area contributed by atoms with E-state index in [4.69, 9.17) is 0 Å². The molecule has 0 amide bonds. The Morgan fingerprint density at radius 1 is 0.810 bits per heavy atom. The molecular weight excluding hydrogens is 264 g/mol. The molecule has 2 aromatic carbocycles. The number of aryl methyl sites for hydroxylation is 1. The molecule has 0 aliphatic carbocycles. The van der Waals surface area contributed by atoms with Gasteiger partial charge in [0.1, 0.15) is 5.65 Å². The van der Waals surface area contributed by atoms with Crippen LogP contribution in [-0.4, -0.2) is 8.97 Å². The van der Waals surface area contributed by atoms with Gasteiger partial charge in [0.25, 0.3) is 11.1 Å². The molecular formula is C17H12N2O2. The smallest absolute Gasteiger partial charge is 0.264 e. The van der Waals surface area contributed by atoms with Crippen LogP contribution in [0.15, 0.2) is 64.2 Å². The Morgan fingerprint density at radius 2 is 1.48 bits per heavy atom. The Morgan fingerprint density at radius 3 is 2.29 bits per heavy atom. The summed E-state index contributed by atoms with van der Waals surface area (Å²) in [6, 6.07) is 16.5. The van der Waals surface area contributed by atoms with E-state index in [2.05, 4.69) is 0 Å². The van der Waals surface area contributed by atoms with E-state index < -0.39 is 0 Å². The van der Waals surface area contributed by atoms with Crippen molar-refractivity contribution in [3.63, 3.8) is 0 Å². The summed E-state index contributed by atoms with van der Waals surface area (Å²) < 4.78 is 3.13. The zero-order valence-electron chi connectivity index (χ0n) is 11.4. The van der Waals surface area contributed by atoms with Gasteiger partial charge in [-0.25, -0.2) is 0 Å². The van der Waals surface area contributed by atoms with Crippen LogP contribution in [0.25, 0.3) is 27.3 Å². The molecule has 4 nitrogen and oxygen atoms in total. The first kappa shape index (κ1) is 11.9. The fourth-order valence-electron chi connectivity index (χ4n) is 2.86. The van der Waals surface area contributed by atoms with E-state index in [0.717, 1.165) is 5.39 Å². The zero-order chi connectivity index (χ0) is 14.6. The average molecular weight is 276 g/mol. The van der Waals surface area contributed by atoms with Gasteiger partial charge in [-0.1, -0.05) is 30.3 Å². The fourth-order valence-corrected chi connectivity index (χ4v) is 2.86. The van der Waals surface area contributed by atoms with Gasteiger partial charge in [0.15, 0.2) is 0 Å². The van der Waals surface area contributed by atoms with Crippen molar-refractivity contribution in [1.29, 1.82) is 0 Å². The number of rotatable bonds is 0. The molecule has 0 bridgehead atoms. The number of hydrogen-bond donors (Lipinski definition) is 0. The summed E-state index contributed by atoms with van der Waals surface area (Å²) in [6.07, 6.45) is 0. The number of nitrogens with zero attached hydrogens (tertiary/aromatic N) is 2. The highest BCUT2D eigenvalue weighted by Gasteiger charge is 2.11. The van der Waals surface area contributed by atoms with Gasteiger partial charge in [0.05, 0.1) is 10.9 Å². The molecule has 0 aliphatic heterocycles. The van der Waals surface area contributed by atoms with Crippen LogP contribution in [0.4, 0.5) is 0 Å². The van der Waals surface area contributed by atoms with Gasteiger partial charge in [-0.05, 0) is 29.7 Å². The predicted octanol–water partition coefficient (Wildman–Crippen LogP) is 2.30. The van der Waals surface area contributed by atoms with Crippen molar-refractivity contribution in [2.45, 2.75) is 0 Å². The Labute approximate surface area is 119 Å². The predicted molar refractivity (Wildman–Crippen MR) is 83.9 cm³/mol. The normalized spacial score (nSPS) is 11.5. The summed E-state index contributed by atoms with van der Waals surface area (Å²) in [5, 5.41) is 2.04. The molecule has 0 saturated heterocycles. The first-order valence-electron chi connectivity index (χ1n) is 6.71. The topological polar surface area (TPSA) is 43.5 Å². The molecule has 0 N–H and O–H groups in total. The largest absolute Gasteiger partial charge is 0.297 e. The summed E-state index contributed by atoms with van der Waals surface area (Å²) >= 11 is 0. The maximum absolute atomic E-state index is 12.8. The highest BCUT2D eigenvalue weighted by Crippen LogP contribution is 2.16. The monoisotopic (exact) mass is 276 g/mol. The third-order valence-electron chi connectivity index (χ3n) is 3.93. The van der Waals surface area contributed by atoms with Crippen molar-refractivity contribution in [3.8, 4) is 0 Å². The first-order valence-corrected chi connectivity index (χ1v) is 6.71. The minimum Gasteiger partial charge on any atom is -0.297 e. The van der Waals surface area contributed by atoms with Crippen LogP contribution in [0, 0.1) is 0 Å². The molecule has 2 aromatic heterocycles. The summed E-state index contributed by atoms with van der Waals surface area (Å²) in [6.45, 7) is 0. The van der Waals surface area contributed by atoms with Crippen molar-refractivity contribution in [2.75, 3.05) is 0 Å². The van der Waals surface area contributed by atoms with Crippen LogP contribution in [0.2, 0.25) is 0 Å². The third kappa shape index (κ3) is 1.50. The Bertz CT molecular complexity index is 1140. The number of pyridine rings is 1. The Balaban J connectivity index is 2.47. The molecule has 0 aliphatic rings. The minimum atomic E-state index is -0.102. The van der Waals surface area contributed by atoms with Crippen molar-refractivity contribution in [1.82, 2.24) is 8.97 Å². The lowest BCUT2D eigenvalue weighted by molar-refractivity contribution is 0.870. The van der Waals surface area contributed by atoms with E-state index in [-0.39, 0.29) is 11.1 Å². The van der Waals surface area contributed by atoms with E-state index in [1.807, 2.05) is 42.5 Å². The molecule has 21 heavy (non-hydrogen) atoms. The molecule has 0 unspecified atom stereocenters. The molecule has 0 fully saturated rings. The molecule has 4 rings (SSSR count). The number of para-hydroxylation sites is 1. The second-order valence-corrected chi connectivity index (χ2v) is 5.11. The number of fused-ring (bicyclic) bond motifs is 4. The second-order valence-electron chi connectivity index (χ2n) is 5.11. The van der Waals surface area contributed by atoms with E-state index in [1.165, 1.54) is 4.57 Å². The van der Waals surface area contributed by atoms with E-state index in [9.17, 15) is 9.59 Å². The summed E-state index contributed by atoms with van der Waals surface area (Å²) in [5.41, 5.74) is 1.05. The van der Waals surface area contributed by atoms with Crippen LogP contribution in [0.1, 0.15) is 0 Å². The van der Waals surface area contributed by atoms with Gasteiger partial charge in [-0.3, -0.25) is 18.6 Å². The maximum atomic E-state index is 12.8. The Hall–Kier alpha value is -2.88. The number of aromatic nitrogens is 2.